The predicted octanol–water partition coefficient (Wildman–Crippen LogP) is -4.05. The molecule has 29 heteroatoms. The summed E-state index contributed by atoms with van der Waals surface area (Å²) in [5, 5.41) is 80.7. The molecule has 0 aliphatic rings. The van der Waals surface area contributed by atoms with Crippen molar-refractivity contribution in [1.29, 1.82) is 0 Å². The van der Waals surface area contributed by atoms with Gasteiger partial charge in [0.15, 0.2) is 0 Å². The Morgan fingerprint density at radius 3 is 1.11 bits per heavy atom. The van der Waals surface area contributed by atoms with Crippen molar-refractivity contribution in [3.05, 3.63) is 29.8 Å². The monoisotopic (exact) mass is 1170 g/mol. The molecule has 9 amide bonds. The highest BCUT2D eigenvalue weighted by Crippen LogP contribution is 2.15. The first-order valence-corrected chi connectivity index (χ1v) is 27.5. The van der Waals surface area contributed by atoms with Crippen LogP contribution in [-0.4, -0.2) is 189 Å². The first-order chi connectivity index (χ1) is 38.6. The number of aliphatic hydroxyl groups excluding tert-OH is 3. The van der Waals surface area contributed by atoms with Crippen molar-refractivity contribution < 1.29 is 83.4 Å². The van der Waals surface area contributed by atoms with E-state index < -0.39 is 158 Å². The normalized spacial score (nSPS) is 15.0. The Morgan fingerprint density at radius 2 is 0.732 bits per heavy atom. The van der Waals surface area contributed by atoms with E-state index in [9.17, 15) is 83.4 Å². The Bertz CT molecular complexity index is 2240. The lowest BCUT2D eigenvalue weighted by Gasteiger charge is -2.28. The minimum Gasteiger partial charge on any atom is -0.508 e. The fraction of sp³-hybridized carbons (Fsp3) is 0.679. The average molecular weight is 1170 g/mol. The Kier molecular flexibility index (Phi) is 34.4. The first kappa shape index (κ1) is 73.0. The van der Waals surface area contributed by atoms with Gasteiger partial charge in [-0.15, -0.1) is 0 Å². The quantitative estimate of drug-likeness (QED) is 0.0278. The number of benzene rings is 1. The third-order valence-electron chi connectivity index (χ3n) is 12.6. The number of carboxylic acid groups (broad SMARTS) is 2. The fourth-order valence-corrected chi connectivity index (χ4v) is 8.15. The zero-order valence-electron chi connectivity index (χ0n) is 47.7. The molecule has 0 unspecified atom stereocenters. The highest BCUT2D eigenvalue weighted by Gasteiger charge is 2.36. The Hall–Kier alpha value is -7.05. The van der Waals surface area contributed by atoms with Gasteiger partial charge in [0.05, 0.1) is 25.9 Å². The van der Waals surface area contributed by atoms with Crippen LogP contribution in [0.4, 0.5) is 0 Å². The van der Waals surface area contributed by atoms with Crippen molar-refractivity contribution in [3.63, 3.8) is 0 Å². The number of carbonyl (C=O) groups is 11. The van der Waals surface area contributed by atoms with E-state index in [1.165, 1.54) is 12.1 Å². The van der Waals surface area contributed by atoms with Crippen LogP contribution in [0.1, 0.15) is 118 Å². The Balaban J connectivity index is 3.35. The Labute approximate surface area is 477 Å². The van der Waals surface area contributed by atoms with Gasteiger partial charge in [-0.3, -0.25) is 47.9 Å². The van der Waals surface area contributed by atoms with Crippen LogP contribution in [0.2, 0.25) is 0 Å². The lowest BCUT2D eigenvalue weighted by atomic mass is 9.99. The topological polar surface area (TPSA) is 495 Å². The summed E-state index contributed by atoms with van der Waals surface area (Å²) < 4.78 is 0. The van der Waals surface area contributed by atoms with Crippen molar-refractivity contribution in [2.45, 2.75) is 179 Å². The van der Waals surface area contributed by atoms with Gasteiger partial charge in [-0.05, 0) is 106 Å². The van der Waals surface area contributed by atoms with Crippen LogP contribution in [0.5, 0.6) is 5.75 Å². The molecule has 0 radical (unpaired) electrons. The number of phenolic OH excluding ortho intramolecular Hbond substituents is 1. The molecule has 464 valence electrons. The largest absolute Gasteiger partial charge is 0.508 e. The molecule has 1 rings (SSSR count). The van der Waals surface area contributed by atoms with E-state index in [1.807, 2.05) is 0 Å². The third kappa shape index (κ3) is 28.1. The van der Waals surface area contributed by atoms with Gasteiger partial charge in [-0.25, -0.2) is 4.79 Å². The van der Waals surface area contributed by atoms with Crippen LogP contribution in [0, 0.1) is 17.8 Å². The van der Waals surface area contributed by atoms with Gasteiger partial charge in [0.2, 0.25) is 53.2 Å². The molecule has 1 aromatic carbocycles. The number of nitrogens with two attached hydrogens (primary N) is 3. The second kappa shape index (κ2) is 38.6. The number of aliphatic hydroxyl groups is 3. The van der Waals surface area contributed by atoms with Crippen molar-refractivity contribution in [1.82, 2.24) is 47.9 Å². The van der Waals surface area contributed by atoms with E-state index in [0.29, 0.717) is 37.8 Å². The maximum absolute atomic E-state index is 14.2. The number of aliphatic carboxylic acids is 2. The van der Waals surface area contributed by atoms with Crippen LogP contribution in [0.25, 0.3) is 0 Å². The summed E-state index contributed by atoms with van der Waals surface area (Å²) in [7, 11) is 0. The summed E-state index contributed by atoms with van der Waals surface area (Å²) in [5.41, 5.74) is 18.0. The summed E-state index contributed by atoms with van der Waals surface area (Å²) in [6.45, 7) is 7.65. The van der Waals surface area contributed by atoms with Crippen LogP contribution >= 0.6 is 0 Å². The van der Waals surface area contributed by atoms with Gasteiger partial charge in [0, 0.05) is 12.8 Å². The summed E-state index contributed by atoms with van der Waals surface area (Å²) in [4.78, 5) is 146. The molecule has 29 nitrogen and oxygen atoms in total. The molecule has 0 spiro atoms. The van der Waals surface area contributed by atoms with Gasteiger partial charge in [-0.1, -0.05) is 60.1 Å². The van der Waals surface area contributed by atoms with Crippen molar-refractivity contribution in [2.75, 3.05) is 32.9 Å². The van der Waals surface area contributed by atoms with Gasteiger partial charge in [-0.2, -0.15) is 0 Å². The van der Waals surface area contributed by atoms with E-state index in [4.69, 9.17) is 17.2 Å². The first-order valence-electron chi connectivity index (χ1n) is 27.5. The highest BCUT2D eigenvalue weighted by molar-refractivity contribution is 5.98. The molecule has 0 aliphatic carbocycles. The zero-order chi connectivity index (χ0) is 62.2. The zero-order valence-corrected chi connectivity index (χ0v) is 47.7. The molecule has 0 saturated heterocycles. The van der Waals surface area contributed by atoms with Crippen LogP contribution < -0.4 is 65.1 Å². The lowest BCUT2D eigenvalue weighted by molar-refractivity contribution is -0.143. The van der Waals surface area contributed by atoms with Crippen molar-refractivity contribution in [3.8, 4) is 5.75 Å². The van der Waals surface area contributed by atoms with Gasteiger partial charge in [0.25, 0.3) is 0 Å². The molecule has 0 aromatic heterocycles. The lowest BCUT2D eigenvalue weighted by Crippen LogP contribution is -2.62. The van der Waals surface area contributed by atoms with E-state index in [1.54, 1.807) is 53.7 Å². The number of amides is 9. The molecule has 0 fully saturated rings. The molecular formula is C53H90N12O17. The summed E-state index contributed by atoms with van der Waals surface area (Å²) >= 11 is 0. The van der Waals surface area contributed by atoms with E-state index in [0.717, 1.165) is 0 Å². The van der Waals surface area contributed by atoms with Gasteiger partial charge < -0.3 is 95.7 Å². The minimum atomic E-state index is -1.91. The molecule has 0 heterocycles. The number of aromatic hydroxyl groups is 1. The highest BCUT2D eigenvalue weighted by atomic mass is 16.4. The maximum atomic E-state index is 14.2. The molecule has 10 atom stereocenters. The van der Waals surface area contributed by atoms with E-state index in [-0.39, 0.29) is 68.6 Å². The molecule has 0 aliphatic heterocycles. The number of unbranched alkanes of at least 4 members (excludes halogenated alkanes) is 2. The van der Waals surface area contributed by atoms with Crippen LogP contribution in [-0.2, 0) is 59.2 Å². The molecular weight excluding hydrogens is 1080 g/mol. The van der Waals surface area contributed by atoms with Crippen LogP contribution in [0.3, 0.4) is 0 Å². The van der Waals surface area contributed by atoms with Crippen molar-refractivity contribution >= 4 is 65.1 Å². The molecule has 82 heavy (non-hydrogen) atoms. The third-order valence-corrected chi connectivity index (χ3v) is 12.6. The summed E-state index contributed by atoms with van der Waals surface area (Å²) in [6, 6.07) is -9.02. The van der Waals surface area contributed by atoms with Gasteiger partial charge in [0.1, 0.15) is 60.1 Å². The maximum Gasteiger partial charge on any atom is 0.326 e. The molecule has 0 saturated carbocycles. The molecule has 1 aromatic rings. The minimum absolute atomic E-state index is 0.00604. The smallest absolute Gasteiger partial charge is 0.326 e. The summed E-state index contributed by atoms with van der Waals surface area (Å²) in [5.74, 6) is -12.4. The number of carboxylic acids is 2. The summed E-state index contributed by atoms with van der Waals surface area (Å²) in [6.07, 6.45) is 0.956. The van der Waals surface area contributed by atoms with E-state index >= 15 is 0 Å². The second-order valence-electron chi connectivity index (χ2n) is 21.3. The SMILES string of the molecule is CC(C)C[C@H](NC(=O)[C@H](CCC(=O)O)NC(=O)[C@H](CO)NC(=O)[C@H](CO)NC(=O)[C@H](CO)NC(=O)[C@H](CC(C)C)NC(=O)[C@H](CCCCN)NC(=O)[C@H](CC(C)C)NC(=O)[C@H](Cc1ccc(O)cc1)NC(=O)[C@@H](N)CCCCN)C(=O)O. The number of phenols is 1. The number of carbonyl (C=O) groups excluding carboxylic acids is 9. The Morgan fingerprint density at radius 1 is 0.415 bits per heavy atom. The second-order valence-corrected chi connectivity index (χ2v) is 21.3. The number of hydrogen-bond acceptors (Lipinski definition) is 18. The molecule has 21 N–H and O–H groups in total. The average Bonchev–Trinajstić information content (AvgIpc) is 3.40. The number of nitrogens with one attached hydrogen (secondary N) is 9. The fourth-order valence-electron chi connectivity index (χ4n) is 8.15. The van der Waals surface area contributed by atoms with Gasteiger partial charge >= 0.3 is 11.9 Å². The number of hydrogen-bond donors (Lipinski definition) is 18. The molecule has 0 bridgehead atoms. The predicted molar refractivity (Wildman–Crippen MR) is 297 cm³/mol. The number of rotatable bonds is 41. The van der Waals surface area contributed by atoms with Crippen LogP contribution in [0.15, 0.2) is 24.3 Å². The van der Waals surface area contributed by atoms with Crippen molar-refractivity contribution in [2.24, 2.45) is 35.0 Å². The standard InChI is InChI=1S/C53H90N12O17/c1-28(2)21-36(61-49(77)38(24-31-13-15-32(69)16-14-31)59-44(72)33(56)11-7-9-19-54)47(75)57-34(12-8-10-20-55)45(73)60-37(22-29(3)4)48(76)63-41(26-67)51(79)65-42(27-68)52(80)64-40(25-66)50(78)58-35(17-18-43(70)71)46(74)62-39(53(81)82)23-30(5)6/h13-16,28-30,33-42,66-69H,7-12,17-27,54-56H2,1-6H3,(H,57,75)(H,58,78)(H,59,72)(H,60,73)(H,61,77)(H,62,74)(H,63,76)(H,64,80)(H,65,79)(H,70,71)(H,81,82)/t33-,34-,35-,36-,37-,38-,39-,40-,41-,42-/m0/s1. The van der Waals surface area contributed by atoms with E-state index in [2.05, 4.69) is 47.9 Å².